The first kappa shape index (κ1) is 30.4. The van der Waals surface area contributed by atoms with Crippen LogP contribution in [0, 0.1) is 18.3 Å². The van der Waals surface area contributed by atoms with Crippen LogP contribution in [0.1, 0.15) is 63.1 Å². The van der Waals surface area contributed by atoms with E-state index in [1.54, 1.807) is 26.8 Å². The first-order valence-corrected chi connectivity index (χ1v) is 13.8. The predicted molar refractivity (Wildman–Crippen MR) is 157 cm³/mol. The van der Waals surface area contributed by atoms with Gasteiger partial charge in [0.2, 0.25) is 11.8 Å². The van der Waals surface area contributed by atoms with Crippen molar-refractivity contribution < 1.29 is 28.7 Å². The standard InChI is InChI=1S/C19H24N2O4.C12H13N3O2/c1-13-7-8-14-15(11-13)21(17(23)25-18(2,3)4)12-19(14,9-6-10-20)16(22)24-5;13-7-1-2-8-9(5-7)14-6-12(8)4-3-10(16)15-11(12)17/h7-8,11H,6,9,12H2,1-5H3;1-2,5,14H,3-4,6,13H2,(H,15,16,17). The number of nitrogens with zero attached hydrogens (tertiary/aromatic N) is 2. The molecule has 3 aliphatic rings. The topological polar surface area (TPSA) is 164 Å². The molecule has 1 fully saturated rings. The number of nitriles is 1. The molecule has 0 saturated carbocycles. The van der Waals surface area contributed by atoms with Crippen molar-refractivity contribution in [3.05, 3.63) is 53.1 Å². The molecule has 1 spiro atoms. The number of benzene rings is 2. The molecule has 0 aromatic heterocycles. The molecule has 0 bridgehead atoms. The molecule has 2 unspecified atom stereocenters. The van der Waals surface area contributed by atoms with Crippen LogP contribution < -0.4 is 21.3 Å². The molecule has 1 saturated heterocycles. The van der Waals surface area contributed by atoms with Crippen molar-refractivity contribution in [3.8, 4) is 6.07 Å². The number of piperidine rings is 1. The molecule has 222 valence electrons. The molecule has 3 heterocycles. The number of nitrogens with two attached hydrogens (primary N) is 1. The predicted octanol–water partition coefficient (Wildman–Crippen LogP) is 3.83. The summed E-state index contributed by atoms with van der Waals surface area (Å²) >= 11 is 0. The van der Waals surface area contributed by atoms with Gasteiger partial charge in [-0.05, 0) is 75.4 Å². The molecule has 2 aromatic rings. The second-order valence-corrected chi connectivity index (χ2v) is 11.9. The smallest absolute Gasteiger partial charge is 0.414 e. The van der Waals surface area contributed by atoms with E-state index in [1.165, 1.54) is 12.0 Å². The van der Waals surface area contributed by atoms with E-state index < -0.39 is 28.5 Å². The number of imide groups is 1. The number of hydrogen-bond donors (Lipinski definition) is 3. The quantitative estimate of drug-likeness (QED) is 0.280. The SMILES string of the molecule is COC(=O)C1(CCC#N)CN(C(=O)OC(C)(C)C)c2cc(C)ccc21.Nc1ccc2c(c1)NCC21CCC(=O)NC1=O. The van der Waals surface area contributed by atoms with E-state index in [-0.39, 0.29) is 31.2 Å². The van der Waals surface area contributed by atoms with Crippen LogP contribution in [0.2, 0.25) is 0 Å². The van der Waals surface area contributed by atoms with Gasteiger partial charge in [-0.15, -0.1) is 0 Å². The van der Waals surface area contributed by atoms with E-state index >= 15 is 0 Å². The molecule has 3 amide bonds. The number of nitrogens with one attached hydrogen (secondary N) is 2. The maximum atomic E-state index is 12.7. The van der Waals surface area contributed by atoms with Gasteiger partial charge in [0.1, 0.15) is 11.0 Å². The summed E-state index contributed by atoms with van der Waals surface area (Å²) in [4.78, 5) is 50.1. The van der Waals surface area contributed by atoms with E-state index in [9.17, 15) is 19.2 Å². The Balaban J connectivity index is 0.000000206. The summed E-state index contributed by atoms with van der Waals surface area (Å²) in [5.74, 6) is -0.840. The molecule has 0 aliphatic carbocycles. The zero-order valence-corrected chi connectivity index (χ0v) is 24.6. The second kappa shape index (κ2) is 11.4. The van der Waals surface area contributed by atoms with E-state index in [1.807, 2.05) is 37.3 Å². The van der Waals surface area contributed by atoms with Crippen LogP contribution in [0.3, 0.4) is 0 Å². The van der Waals surface area contributed by atoms with Crippen molar-refractivity contribution in [2.75, 3.05) is 36.1 Å². The number of nitrogen functional groups attached to an aromatic ring is 1. The summed E-state index contributed by atoms with van der Waals surface area (Å²) in [7, 11) is 1.32. The van der Waals surface area contributed by atoms with Gasteiger partial charge in [0.15, 0.2) is 0 Å². The maximum Gasteiger partial charge on any atom is 0.414 e. The Morgan fingerprint density at radius 2 is 1.86 bits per heavy atom. The molecule has 0 radical (unpaired) electrons. The number of amides is 3. The summed E-state index contributed by atoms with van der Waals surface area (Å²) in [5.41, 5.74) is 8.22. The Morgan fingerprint density at radius 1 is 1.14 bits per heavy atom. The van der Waals surface area contributed by atoms with Gasteiger partial charge in [-0.3, -0.25) is 24.6 Å². The third-order valence-electron chi connectivity index (χ3n) is 7.85. The number of hydrogen-bond acceptors (Lipinski definition) is 9. The van der Waals surface area contributed by atoms with E-state index in [0.29, 0.717) is 36.3 Å². The Morgan fingerprint density at radius 3 is 2.50 bits per heavy atom. The Kier molecular flexibility index (Phi) is 8.21. The molecule has 5 rings (SSSR count). The van der Waals surface area contributed by atoms with Gasteiger partial charge in [-0.2, -0.15) is 5.26 Å². The maximum absolute atomic E-state index is 12.7. The number of rotatable bonds is 3. The average molecular weight is 576 g/mol. The first-order chi connectivity index (χ1) is 19.8. The highest BCUT2D eigenvalue weighted by Gasteiger charge is 2.52. The molecule has 4 N–H and O–H groups in total. The van der Waals surface area contributed by atoms with Gasteiger partial charge in [-0.25, -0.2) is 4.79 Å². The third-order valence-corrected chi connectivity index (χ3v) is 7.85. The molecular weight excluding hydrogens is 538 g/mol. The van der Waals surface area contributed by atoms with Crippen LogP contribution in [0.5, 0.6) is 0 Å². The lowest BCUT2D eigenvalue weighted by atomic mass is 9.75. The fraction of sp³-hybridized carbons (Fsp3) is 0.452. The highest BCUT2D eigenvalue weighted by Crippen LogP contribution is 2.46. The fourth-order valence-corrected chi connectivity index (χ4v) is 5.79. The lowest BCUT2D eigenvalue weighted by Crippen LogP contribution is -2.52. The molecule has 11 heteroatoms. The van der Waals surface area contributed by atoms with Gasteiger partial charge in [0, 0.05) is 37.3 Å². The third kappa shape index (κ3) is 5.62. The number of ether oxygens (including phenoxy) is 2. The number of anilines is 3. The van der Waals surface area contributed by atoms with Gasteiger partial charge in [0.25, 0.3) is 0 Å². The molecule has 11 nitrogen and oxygen atoms in total. The molecule has 2 atom stereocenters. The monoisotopic (exact) mass is 575 g/mol. The van der Waals surface area contributed by atoms with Crippen LogP contribution in [0.4, 0.5) is 21.9 Å². The van der Waals surface area contributed by atoms with Gasteiger partial charge in [-0.1, -0.05) is 18.2 Å². The van der Waals surface area contributed by atoms with Crippen molar-refractivity contribution in [1.29, 1.82) is 5.26 Å². The number of fused-ring (bicyclic) bond motifs is 3. The number of aryl methyl sites for hydroxylation is 1. The summed E-state index contributed by atoms with van der Waals surface area (Å²) in [6.45, 7) is 7.94. The molecular formula is C31H37N5O6. The summed E-state index contributed by atoms with van der Waals surface area (Å²) in [6, 6.07) is 13.2. The van der Waals surface area contributed by atoms with Crippen molar-refractivity contribution in [1.82, 2.24) is 5.32 Å². The normalized spacial score (nSPS) is 22.1. The van der Waals surface area contributed by atoms with Crippen molar-refractivity contribution in [3.63, 3.8) is 0 Å². The number of carbonyl (C=O) groups excluding carboxylic acids is 4. The zero-order chi connectivity index (χ0) is 30.9. The summed E-state index contributed by atoms with van der Waals surface area (Å²) < 4.78 is 10.5. The summed E-state index contributed by atoms with van der Waals surface area (Å²) in [5, 5.41) is 14.6. The highest BCUT2D eigenvalue weighted by molar-refractivity contribution is 6.05. The minimum absolute atomic E-state index is 0.106. The number of methoxy groups -OCH3 is 1. The van der Waals surface area contributed by atoms with Gasteiger partial charge < -0.3 is 20.5 Å². The number of esters is 1. The van der Waals surface area contributed by atoms with E-state index in [2.05, 4.69) is 16.7 Å². The largest absolute Gasteiger partial charge is 0.468 e. The Labute approximate surface area is 245 Å². The van der Waals surface area contributed by atoms with Gasteiger partial charge in [0.05, 0.1) is 24.3 Å². The van der Waals surface area contributed by atoms with Crippen LogP contribution >= 0.6 is 0 Å². The molecule has 2 aromatic carbocycles. The van der Waals surface area contributed by atoms with Crippen molar-refractivity contribution in [2.45, 2.75) is 69.8 Å². The molecule has 42 heavy (non-hydrogen) atoms. The minimum Gasteiger partial charge on any atom is -0.468 e. The lowest BCUT2D eigenvalue weighted by molar-refractivity contribution is -0.147. The average Bonchev–Trinajstić information content (AvgIpc) is 3.45. The Hall–Kier alpha value is -4.59. The zero-order valence-electron chi connectivity index (χ0n) is 24.6. The van der Waals surface area contributed by atoms with E-state index in [4.69, 9.17) is 20.5 Å². The number of carbonyl (C=O) groups is 4. The lowest BCUT2D eigenvalue weighted by Gasteiger charge is -2.31. The minimum atomic E-state index is -1.05. The van der Waals surface area contributed by atoms with Crippen molar-refractivity contribution in [2.24, 2.45) is 0 Å². The van der Waals surface area contributed by atoms with Crippen LogP contribution in [-0.4, -0.2) is 49.7 Å². The summed E-state index contributed by atoms with van der Waals surface area (Å²) in [6.07, 6.45) is 0.900. The fourth-order valence-electron chi connectivity index (χ4n) is 5.79. The van der Waals surface area contributed by atoms with E-state index in [0.717, 1.165) is 16.8 Å². The van der Waals surface area contributed by atoms with Crippen LogP contribution in [-0.2, 0) is 34.7 Å². The van der Waals surface area contributed by atoms with Crippen LogP contribution in [0.25, 0.3) is 0 Å². The van der Waals surface area contributed by atoms with Crippen LogP contribution in [0.15, 0.2) is 36.4 Å². The van der Waals surface area contributed by atoms with Crippen molar-refractivity contribution >= 4 is 40.9 Å². The van der Waals surface area contributed by atoms with Gasteiger partial charge >= 0.3 is 12.1 Å². The first-order valence-electron chi connectivity index (χ1n) is 13.8. The Bertz CT molecular complexity index is 1480. The molecule has 3 aliphatic heterocycles. The highest BCUT2D eigenvalue weighted by atomic mass is 16.6. The second-order valence-electron chi connectivity index (χ2n) is 11.9.